The fourth-order valence-corrected chi connectivity index (χ4v) is 6.46. The minimum absolute atomic E-state index is 0.0182. The van der Waals surface area contributed by atoms with Gasteiger partial charge in [0.1, 0.15) is 0 Å². The van der Waals surface area contributed by atoms with E-state index in [-0.39, 0.29) is 35.6 Å². The van der Waals surface area contributed by atoms with Crippen molar-refractivity contribution in [3.05, 3.63) is 0 Å². The Morgan fingerprint density at radius 2 is 1.25 bits per heavy atom. The van der Waals surface area contributed by atoms with Crippen LogP contribution in [-0.4, -0.2) is 94.7 Å². The molecule has 0 fully saturated rings. The van der Waals surface area contributed by atoms with Crippen molar-refractivity contribution in [2.75, 3.05) is 26.3 Å². The molecular formula is C42H81N5O8. The quantitative estimate of drug-likeness (QED) is 0.0596. The van der Waals surface area contributed by atoms with Gasteiger partial charge in [0.15, 0.2) is 5.78 Å². The van der Waals surface area contributed by atoms with Gasteiger partial charge in [-0.25, -0.2) is 0 Å². The number of rotatable bonds is 26. The van der Waals surface area contributed by atoms with Gasteiger partial charge >= 0.3 is 5.97 Å². The Bertz CT molecular complexity index is 1260. The zero-order valence-electron chi connectivity index (χ0n) is 37.5. The molecule has 7 N–H and O–H groups in total. The van der Waals surface area contributed by atoms with Crippen LogP contribution < -0.4 is 27.0 Å². The van der Waals surface area contributed by atoms with Crippen LogP contribution in [0.4, 0.5) is 0 Å². The minimum atomic E-state index is -1.38. The number of unbranched alkanes of at least 4 members (excludes halogenated alkanes) is 1. The number of carboxylic acid groups (broad SMARTS) is 1. The summed E-state index contributed by atoms with van der Waals surface area (Å²) in [5, 5.41) is 21.5. The van der Waals surface area contributed by atoms with Crippen LogP contribution >= 0.6 is 0 Å². The van der Waals surface area contributed by atoms with Crippen molar-refractivity contribution >= 4 is 29.5 Å². The van der Waals surface area contributed by atoms with Crippen LogP contribution in [-0.2, 0) is 33.4 Å². The molecule has 0 bridgehead atoms. The van der Waals surface area contributed by atoms with E-state index in [1.165, 1.54) is 13.8 Å². The molecule has 0 heterocycles. The van der Waals surface area contributed by atoms with Crippen molar-refractivity contribution in [2.45, 2.75) is 196 Å². The molecule has 2 unspecified atom stereocenters. The van der Waals surface area contributed by atoms with Gasteiger partial charge in [-0.2, -0.15) is 0 Å². The van der Waals surface area contributed by atoms with Gasteiger partial charge in [-0.15, -0.1) is 0 Å². The molecule has 0 saturated heterocycles. The second-order valence-corrected chi connectivity index (χ2v) is 20.4. The maximum absolute atomic E-state index is 13.1. The monoisotopic (exact) mass is 784 g/mol. The first-order valence-corrected chi connectivity index (χ1v) is 20.1. The molecule has 0 aromatic rings. The summed E-state index contributed by atoms with van der Waals surface area (Å²) in [5.41, 5.74) is 1.59. The van der Waals surface area contributed by atoms with Crippen LogP contribution in [0.3, 0.4) is 0 Å². The van der Waals surface area contributed by atoms with Crippen molar-refractivity contribution in [3.8, 4) is 0 Å². The molecule has 322 valence electrons. The van der Waals surface area contributed by atoms with Gasteiger partial charge in [-0.05, 0) is 114 Å². The molecular weight excluding hydrogens is 702 g/mol. The molecule has 0 aliphatic heterocycles. The van der Waals surface area contributed by atoms with Crippen molar-refractivity contribution in [1.82, 2.24) is 21.3 Å². The Morgan fingerprint density at radius 3 is 1.78 bits per heavy atom. The van der Waals surface area contributed by atoms with Crippen LogP contribution in [0.1, 0.15) is 162 Å². The van der Waals surface area contributed by atoms with Crippen LogP contribution in [0, 0.1) is 16.7 Å². The van der Waals surface area contributed by atoms with E-state index in [1.807, 2.05) is 62.3 Å². The Hall–Kier alpha value is -2.61. The first-order valence-electron chi connectivity index (χ1n) is 20.1. The van der Waals surface area contributed by atoms with Gasteiger partial charge in [0.25, 0.3) is 0 Å². The number of amides is 3. The SMILES string of the molecule is CC(CC(C)(N)C(=O)NC(C)(C)CC(C)(C)C(=O)NCCOC(C)(C)CCOC(C)(C)CCC(=O)NCCCC[C@H](NC(C)(C)C)C(=O)C(C)(C)C)C(=O)O. The Labute approximate surface area is 333 Å². The maximum Gasteiger partial charge on any atom is 0.306 e. The van der Waals surface area contributed by atoms with E-state index in [0.29, 0.717) is 52.0 Å². The molecule has 3 amide bonds. The van der Waals surface area contributed by atoms with Gasteiger partial charge in [-0.3, -0.25) is 24.0 Å². The highest BCUT2D eigenvalue weighted by molar-refractivity contribution is 5.89. The summed E-state index contributed by atoms with van der Waals surface area (Å²) in [5.74, 6) is -2.26. The number of hydrogen-bond acceptors (Lipinski definition) is 9. The van der Waals surface area contributed by atoms with Crippen LogP contribution in [0.5, 0.6) is 0 Å². The average Bonchev–Trinajstić information content (AvgIpc) is 2.98. The molecule has 0 rings (SSSR count). The van der Waals surface area contributed by atoms with E-state index in [1.54, 1.807) is 13.8 Å². The van der Waals surface area contributed by atoms with Crippen molar-refractivity contribution < 1.29 is 38.6 Å². The predicted molar refractivity (Wildman–Crippen MR) is 220 cm³/mol. The van der Waals surface area contributed by atoms with Gasteiger partial charge in [0.05, 0.1) is 41.9 Å². The lowest BCUT2D eigenvalue weighted by atomic mass is 9.78. The fraction of sp³-hybridized carbons (Fsp3) is 0.881. The summed E-state index contributed by atoms with van der Waals surface area (Å²) in [6, 6.07) is -0.214. The number of nitrogens with one attached hydrogen (secondary N) is 4. The van der Waals surface area contributed by atoms with E-state index in [9.17, 15) is 29.1 Å². The molecule has 0 aromatic carbocycles. The highest BCUT2D eigenvalue weighted by Crippen LogP contribution is 2.29. The molecule has 0 spiro atoms. The zero-order valence-corrected chi connectivity index (χ0v) is 37.5. The van der Waals surface area contributed by atoms with E-state index >= 15 is 0 Å². The Balaban J connectivity index is 4.61. The number of Topliss-reactive ketones (excluding diaryl/α,β-unsaturated/α-hetero) is 1. The number of hydrogen-bond donors (Lipinski definition) is 6. The fourth-order valence-electron chi connectivity index (χ4n) is 6.46. The maximum atomic E-state index is 13.1. The molecule has 13 heteroatoms. The highest BCUT2D eigenvalue weighted by Gasteiger charge is 2.40. The number of carbonyl (C=O) groups is 5. The Kier molecular flexibility index (Phi) is 20.2. The third-order valence-electron chi connectivity index (χ3n) is 9.56. The third kappa shape index (κ3) is 22.7. The normalized spacial score (nSPS) is 15.4. The first-order chi connectivity index (χ1) is 24.6. The lowest BCUT2D eigenvalue weighted by Gasteiger charge is -2.37. The second kappa shape index (κ2) is 21.2. The average molecular weight is 784 g/mol. The minimum Gasteiger partial charge on any atom is -0.481 e. The van der Waals surface area contributed by atoms with Crippen molar-refractivity contribution in [2.24, 2.45) is 22.5 Å². The van der Waals surface area contributed by atoms with Crippen LogP contribution in [0.25, 0.3) is 0 Å². The van der Waals surface area contributed by atoms with Gasteiger partial charge in [-0.1, -0.05) is 41.5 Å². The van der Waals surface area contributed by atoms with Gasteiger partial charge < -0.3 is 41.6 Å². The number of nitrogens with two attached hydrogens (primary N) is 1. The van der Waals surface area contributed by atoms with Crippen molar-refractivity contribution in [3.63, 3.8) is 0 Å². The topological polar surface area (TPSA) is 198 Å². The van der Waals surface area contributed by atoms with Gasteiger partial charge in [0, 0.05) is 41.4 Å². The third-order valence-corrected chi connectivity index (χ3v) is 9.56. The van der Waals surface area contributed by atoms with Crippen LogP contribution in [0.15, 0.2) is 0 Å². The van der Waals surface area contributed by atoms with E-state index < -0.39 is 50.9 Å². The molecule has 0 radical (unpaired) electrons. The largest absolute Gasteiger partial charge is 0.481 e. The molecule has 0 aliphatic carbocycles. The summed E-state index contributed by atoms with van der Waals surface area (Å²) in [7, 11) is 0. The number of aliphatic carboxylic acids is 1. The summed E-state index contributed by atoms with van der Waals surface area (Å²) in [6.07, 6.45) is 4.19. The standard InChI is InChI=1S/C42H81N5O8/c1-29(33(50)51)27-42(16,43)35(53)47-39(10,11)28-38(8,9)34(52)45-24-26-55-41(14,15)22-25-54-40(12,13)21-20-31(48)44-23-18-17-19-30(46-37(5,6)7)32(49)36(2,3)4/h29-30,46H,17-28,43H2,1-16H3,(H,44,48)(H,45,52)(H,47,53)(H,50,51)/t29?,30-,42?/m0/s1. The van der Waals surface area contributed by atoms with Gasteiger partial charge in [0.2, 0.25) is 17.7 Å². The Morgan fingerprint density at radius 1 is 0.709 bits per heavy atom. The zero-order chi connectivity index (χ0) is 43.3. The lowest BCUT2D eigenvalue weighted by molar-refractivity contribution is -0.142. The van der Waals surface area contributed by atoms with Crippen molar-refractivity contribution in [1.29, 1.82) is 0 Å². The molecule has 0 saturated carbocycles. The summed E-state index contributed by atoms with van der Waals surface area (Å²) in [4.78, 5) is 62.9. The predicted octanol–water partition coefficient (Wildman–Crippen LogP) is 5.66. The molecule has 55 heavy (non-hydrogen) atoms. The smallest absolute Gasteiger partial charge is 0.306 e. The molecule has 13 nitrogen and oxygen atoms in total. The highest BCUT2D eigenvalue weighted by atomic mass is 16.5. The van der Waals surface area contributed by atoms with E-state index in [2.05, 4.69) is 42.0 Å². The number of ketones is 1. The number of carboxylic acids is 1. The lowest BCUT2D eigenvalue weighted by Crippen LogP contribution is -2.59. The number of carbonyl (C=O) groups excluding carboxylic acids is 4. The first kappa shape index (κ1) is 52.4. The summed E-state index contributed by atoms with van der Waals surface area (Å²) in [6.45, 7) is 31.8. The van der Waals surface area contributed by atoms with Crippen LogP contribution in [0.2, 0.25) is 0 Å². The molecule has 0 aromatic heterocycles. The molecule has 0 aliphatic rings. The molecule has 3 atom stereocenters. The summed E-state index contributed by atoms with van der Waals surface area (Å²) < 4.78 is 12.2. The number of ether oxygens (including phenoxy) is 2. The summed E-state index contributed by atoms with van der Waals surface area (Å²) >= 11 is 0. The van der Waals surface area contributed by atoms with E-state index in [0.717, 1.165) is 19.3 Å². The van der Waals surface area contributed by atoms with E-state index in [4.69, 9.17) is 15.2 Å². The second-order valence-electron chi connectivity index (χ2n) is 20.4.